The van der Waals surface area contributed by atoms with Crippen LogP contribution in [0.5, 0.6) is 0 Å². The predicted octanol–water partition coefficient (Wildman–Crippen LogP) is 2.77. The van der Waals surface area contributed by atoms with E-state index in [1.807, 2.05) is 7.05 Å². The highest BCUT2D eigenvalue weighted by Gasteiger charge is 2.14. The predicted molar refractivity (Wildman–Crippen MR) is 117 cm³/mol. The Labute approximate surface area is 167 Å². The van der Waals surface area contributed by atoms with E-state index in [2.05, 4.69) is 46.2 Å². The summed E-state index contributed by atoms with van der Waals surface area (Å²) in [6.07, 6.45) is 6.53. The van der Waals surface area contributed by atoms with Crippen molar-refractivity contribution in [2.75, 3.05) is 52.9 Å². The summed E-state index contributed by atoms with van der Waals surface area (Å²) in [4.78, 5) is 9.41. The molecule has 0 amide bonds. The Kier molecular flexibility index (Phi) is 15.1. The molecule has 0 aromatic rings. The molecule has 1 atom stereocenters. The molecule has 0 aromatic heterocycles. The Hall–Kier alpha value is -0.0800. The van der Waals surface area contributed by atoms with E-state index in [1.165, 1.54) is 64.8 Å². The van der Waals surface area contributed by atoms with Crippen molar-refractivity contribution < 1.29 is 0 Å². The minimum absolute atomic E-state index is 0. The van der Waals surface area contributed by atoms with Crippen molar-refractivity contribution in [2.24, 2.45) is 4.99 Å². The highest BCUT2D eigenvalue weighted by atomic mass is 127. The number of aliphatic imine (C=N–C) groups is 1. The van der Waals surface area contributed by atoms with E-state index in [9.17, 15) is 0 Å². The molecule has 1 fully saturated rings. The lowest BCUT2D eigenvalue weighted by Gasteiger charge is -2.34. The summed E-state index contributed by atoms with van der Waals surface area (Å²) in [6.45, 7) is 14.8. The highest BCUT2D eigenvalue weighted by molar-refractivity contribution is 14.0. The number of unbranched alkanes of at least 4 members (excludes halogenated alkanes) is 3. The molecule has 144 valence electrons. The molecule has 1 aliphatic rings. The SMILES string of the molecule is CCCCCCC(C)NC(=NC)NCCN1CCN(CC)CC1.I. The molecule has 0 aliphatic carbocycles. The number of halogens is 1. The zero-order valence-corrected chi connectivity index (χ0v) is 18.6. The van der Waals surface area contributed by atoms with Crippen LogP contribution in [0, 0.1) is 0 Å². The maximum absolute atomic E-state index is 4.35. The summed E-state index contributed by atoms with van der Waals surface area (Å²) in [7, 11) is 1.86. The maximum Gasteiger partial charge on any atom is 0.191 e. The van der Waals surface area contributed by atoms with E-state index >= 15 is 0 Å². The van der Waals surface area contributed by atoms with Crippen molar-refractivity contribution in [2.45, 2.75) is 58.9 Å². The van der Waals surface area contributed by atoms with Crippen LogP contribution in [0.4, 0.5) is 0 Å². The van der Waals surface area contributed by atoms with Crippen molar-refractivity contribution in [3.63, 3.8) is 0 Å². The van der Waals surface area contributed by atoms with E-state index < -0.39 is 0 Å². The second-order valence-corrected chi connectivity index (χ2v) is 6.67. The number of piperazine rings is 1. The molecule has 0 radical (unpaired) electrons. The van der Waals surface area contributed by atoms with Gasteiger partial charge in [0.2, 0.25) is 0 Å². The first kappa shape index (κ1) is 23.9. The van der Waals surface area contributed by atoms with Gasteiger partial charge in [-0.05, 0) is 19.9 Å². The van der Waals surface area contributed by atoms with Crippen LogP contribution < -0.4 is 10.6 Å². The fourth-order valence-electron chi connectivity index (χ4n) is 3.04. The lowest BCUT2D eigenvalue weighted by molar-refractivity contribution is 0.139. The topological polar surface area (TPSA) is 42.9 Å². The molecule has 0 aromatic carbocycles. The molecule has 1 aliphatic heterocycles. The van der Waals surface area contributed by atoms with Crippen LogP contribution >= 0.6 is 24.0 Å². The Morgan fingerprint density at radius 3 is 2.29 bits per heavy atom. The Balaban J connectivity index is 0.00000529. The molecule has 24 heavy (non-hydrogen) atoms. The summed E-state index contributed by atoms with van der Waals surface area (Å²) >= 11 is 0. The van der Waals surface area contributed by atoms with Crippen molar-refractivity contribution >= 4 is 29.9 Å². The largest absolute Gasteiger partial charge is 0.355 e. The molecule has 1 unspecified atom stereocenters. The number of nitrogens with one attached hydrogen (secondary N) is 2. The van der Waals surface area contributed by atoms with Gasteiger partial charge in [0.15, 0.2) is 5.96 Å². The molecule has 6 heteroatoms. The average Bonchev–Trinajstić information content (AvgIpc) is 2.58. The van der Waals surface area contributed by atoms with Crippen LogP contribution in [0.15, 0.2) is 4.99 Å². The molecular formula is C18H40IN5. The molecule has 5 nitrogen and oxygen atoms in total. The van der Waals surface area contributed by atoms with Crippen molar-refractivity contribution in [1.29, 1.82) is 0 Å². The lowest BCUT2D eigenvalue weighted by Crippen LogP contribution is -2.49. The number of rotatable bonds is 10. The lowest BCUT2D eigenvalue weighted by atomic mass is 10.1. The van der Waals surface area contributed by atoms with E-state index in [0.29, 0.717) is 6.04 Å². The van der Waals surface area contributed by atoms with Crippen molar-refractivity contribution in [3.8, 4) is 0 Å². The summed E-state index contributed by atoms with van der Waals surface area (Å²) in [6, 6.07) is 0.492. The molecule has 0 spiro atoms. The van der Waals surface area contributed by atoms with Crippen LogP contribution in [0.25, 0.3) is 0 Å². The van der Waals surface area contributed by atoms with Crippen LogP contribution in [-0.2, 0) is 0 Å². The van der Waals surface area contributed by atoms with Crippen LogP contribution in [0.1, 0.15) is 52.9 Å². The van der Waals surface area contributed by atoms with E-state index in [0.717, 1.165) is 19.0 Å². The minimum atomic E-state index is 0. The fraction of sp³-hybridized carbons (Fsp3) is 0.944. The quantitative estimate of drug-likeness (QED) is 0.231. The molecule has 1 rings (SSSR count). The molecule has 0 bridgehead atoms. The number of likely N-dealkylation sites (N-methyl/N-ethyl adjacent to an activating group) is 1. The molecule has 1 heterocycles. The molecule has 1 saturated heterocycles. The van der Waals surface area contributed by atoms with Gasteiger partial charge in [-0.25, -0.2) is 0 Å². The average molecular weight is 453 g/mol. The van der Waals surface area contributed by atoms with Crippen molar-refractivity contribution in [1.82, 2.24) is 20.4 Å². The number of hydrogen-bond acceptors (Lipinski definition) is 3. The van der Waals surface area contributed by atoms with Gasteiger partial charge in [0.25, 0.3) is 0 Å². The van der Waals surface area contributed by atoms with Crippen LogP contribution in [0.3, 0.4) is 0 Å². The first-order valence-electron chi connectivity index (χ1n) is 9.61. The second kappa shape index (κ2) is 15.2. The number of nitrogens with zero attached hydrogens (tertiary/aromatic N) is 3. The van der Waals surface area contributed by atoms with Crippen LogP contribution in [0.2, 0.25) is 0 Å². The van der Waals surface area contributed by atoms with Gasteiger partial charge in [-0.2, -0.15) is 0 Å². The van der Waals surface area contributed by atoms with Gasteiger partial charge in [0, 0.05) is 52.4 Å². The standard InChI is InChI=1S/C18H39N5.HI/c1-5-7-8-9-10-17(3)21-18(19-4)20-11-12-23-15-13-22(6-2)14-16-23;/h17H,5-16H2,1-4H3,(H2,19,20,21);1H. The Morgan fingerprint density at radius 2 is 1.71 bits per heavy atom. The smallest absolute Gasteiger partial charge is 0.191 e. The third kappa shape index (κ3) is 10.7. The summed E-state index contributed by atoms with van der Waals surface area (Å²) in [5, 5.41) is 6.97. The Morgan fingerprint density at radius 1 is 1.04 bits per heavy atom. The van der Waals surface area contributed by atoms with Gasteiger partial charge >= 0.3 is 0 Å². The molecular weight excluding hydrogens is 413 g/mol. The maximum atomic E-state index is 4.35. The third-order valence-corrected chi connectivity index (χ3v) is 4.73. The van der Waals surface area contributed by atoms with E-state index in [1.54, 1.807) is 0 Å². The van der Waals surface area contributed by atoms with Gasteiger partial charge < -0.3 is 15.5 Å². The van der Waals surface area contributed by atoms with Crippen LogP contribution in [-0.4, -0.2) is 74.7 Å². The highest BCUT2D eigenvalue weighted by Crippen LogP contribution is 2.05. The van der Waals surface area contributed by atoms with Gasteiger partial charge in [-0.15, -0.1) is 24.0 Å². The zero-order valence-electron chi connectivity index (χ0n) is 16.3. The Bertz CT molecular complexity index is 317. The van der Waals surface area contributed by atoms with Gasteiger partial charge in [-0.3, -0.25) is 9.89 Å². The van der Waals surface area contributed by atoms with E-state index in [4.69, 9.17) is 0 Å². The first-order valence-corrected chi connectivity index (χ1v) is 9.61. The fourth-order valence-corrected chi connectivity index (χ4v) is 3.04. The molecule has 2 N–H and O–H groups in total. The molecule has 0 saturated carbocycles. The summed E-state index contributed by atoms with van der Waals surface area (Å²) < 4.78 is 0. The number of hydrogen-bond donors (Lipinski definition) is 2. The second-order valence-electron chi connectivity index (χ2n) is 6.67. The van der Waals surface area contributed by atoms with Gasteiger partial charge in [0.1, 0.15) is 0 Å². The summed E-state index contributed by atoms with van der Waals surface area (Å²) in [5.41, 5.74) is 0. The van der Waals surface area contributed by atoms with Gasteiger partial charge in [-0.1, -0.05) is 39.5 Å². The summed E-state index contributed by atoms with van der Waals surface area (Å²) in [5.74, 6) is 0.945. The normalized spacial score (nSPS) is 18.1. The van der Waals surface area contributed by atoms with Crippen molar-refractivity contribution in [3.05, 3.63) is 0 Å². The minimum Gasteiger partial charge on any atom is -0.355 e. The number of guanidine groups is 1. The van der Waals surface area contributed by atoms with E-state index in [-0.39, 0.29) is 24.0 Å². The monoisotopic (exact) mass is 453 g/mol. The third-order valence-electron chi connectivity index (χ3n) is 4.73. The van der Waals surface area contributed by atoms with Gasteiger partial charge in [0.05, 0.1) is 0 Å². The first-order chi connectivity index (χ1) is 11.2. The zero-order chi connectivity index (χ0) is 16.9.